The molecule has 0 amide bonds. The summed E-state index contributed by atoms with van der Waals surface area (Å²) >= 11 is 0. The zero-order valence-electron chi connectivity index (χ0n) is 21.0. The Bertz CT molecular complexity index is 893. The van der Waals surface area contributed by atoms with Crippen LogP contribution < -0.4 is 0 Å². The fraction of sp³-hybridized carbons (Fsp3) is 0.400. The Kier molecular flexibility index (Phi) is 12.0. The molecule has 0 bridgehead atoms. The maximum absolute atomic E-state index is 10.0. The maximum atomic E-state index is 10.0. The highest BCUT2D eigenvalue weighted by atomic mass is 16.3. The average Bonchev–Trinajstić information content (AvgIpc) is 2.69. The van der Waals surface area contributed by atoms with Crippen LogP contribution in [0.15, 0.2) is 106 Å². The zero-order chi connectivity index (χ0) is 24.1. The first-order valence-electron chi connectivity index (χ1n) is 11.4. The van der Waals surface area contributed by atoms with Crippen LogP contribution in [0.4, 0.5) is 0 Å². The van der Waals surface area contributed by atoms with Gasteiger partial charge in [0.15, 0.2) is 0 Å². The smallest absolute Gasteiger partial charge is 0.0642 e. The first-order valence-corrected chi connectivity index (χ1v) is 11.4. The van der Waals surface area contributed by atoms with E-state index in [4.69, 9.17) is 5.11 Å². The summed E-state index contributed by atoms with van der Waals surface area (Å²) in [5, 5.41) is 19.0. The van der Waals surface area contributed by atoms with Crippen LogP contribution in [0.3, 0.4) is 0 Å². The molecule has 0 aliphatic heterocycles. The van der Waals surface area contributed by atoms with E-state index in [1.807, 2.05) is 37.3 Å². The molecule has 0 aromatic rings. The average molecular weight is 435 g/mol. The van der Waals surface area contributed by atoms with Gasteiger partial charge in [-0.2, -0.15) is 0 Å². The van der Waals surface area contributed by atoms with Gasteiger partial charge in [0, 0.05) is 0 Å². The van der Waals surface area contributed by atoms with E-state index in [-0.39, 0.29) is 18.1 Å². The molecular formula is C30H42O2. The van der Waals surface area contributed by atoms with Crippen LogP contribution in [0.5, 0.6) is 0 Å². The molecule has 1 aliphatic carbocycles. The fourth-order valence-electron chi connectivity index (χ4n) is 3.74. The fourth-order valence-corrected chi connectivity index (χ4v) is 3.74. The van der Waals surface area contributed by atoms with E-state index < -0.39 is 0 Å². The molecule has 32 heavy (non-hydrogen) atoms. The lowest BCUT2D eigenvalue weighted by Gasteiger charge is -2.35. The quantitative estimate of drug-likeness (QED) is 0.369. The highest BCUT2D eigenvalue weighted by molar-refractivity contribution is 5.38. The van der Waals surface area contributed by atoms with Crippen LogP contribution in [0.1, 0.15) is 61.3 Å². The van der Waals surface area contributed by atoms with Crippen molar-refractivity contribution < 1.29 is 10.2 Å². The first-order chi connectivity index (χ1) is 15.0. The summed E-state index contributed by atoms with van der Waals surface area (Å²) in [6.07, 6.45) is 26.2. The van der Waals surface area contributed by atoms with Crippen LogP contribution in [0.2, 0.25) is 0 Å². The number of hydrogen-bond acceptors (Lipinski definition) is 2. The molecule has 0 fully saturated rings. The molecule has 174 valence electrons. The highest BCUT2D eigenvalue weighted by Crippen LogP contribution is 2.41. The molecule has 1 aliphatic rings. The Morgan fingerprint density at radius 2 is 1.34 bits per heavy atom. The van der Waals surface area contributed by atoms with Gasteiger partial charge in [0.25, 0.3) is 0 Å². The minimum atomic E-state index is -0.223. The summed E-state index contributed by atoms with van der Waals surface area (Å²) in [6, 6.07) is 0. The van der Waals surface area contributed by atoms with Gasteiger partial charge in [0.1, 0.15) is 0 Å². The van der Waals surface area contributed by atoms with Crippen LogP contribution in [0, 0.1) is 5.41 Å². The molecule has 1 rings (SSSR count). The SMILES string of the molecule is CC(=C/C=C/C(C)=C/C=C/C=C(C)/C=C/C=C(C)/C=C/C1=C(C)CC(O)CC1(C)C)CO. The van der Waals surface area contributed by atoms with Crippen molar-refractivity contribution in [3.8, 4) is 0 Å². The number of hydrogen-bond donors (Lipinski definition) is 2. The van der Waals surface area contributed by atoms with E-state index in [9.17, 15) is 5.11 Å². The molecule has 0 heterocycles. The van der Waals surface area contributed by atoms with Crippen molar-refractivity contribution in [1.82, 2.24) is 0 Å². The number of aliphatic hydroxyl groups is 2. The summed E-state index contributed by atoms with van der Waals surface area (Å²) in [5.74, 6) is 0. The standard InChI is InChI=1S/C30H42O2/c1-23(12-8-9-13-24(2)15-11-17-26(4)22-31)14-10-16-25(3)18-19-29-27(5)20-28(32)21-30(29,6)7/h8-19,28,31-32H,20-22H2,1-7H3/b9-8+,14-10+,15-11+,19-18+,23-12+,24-13+,25-16+,26-17?. The van der Waals surface area contributed by atoms with E-state index in [0.29, 0.717) is 0 Å². The molecule has 2 nitrogen and oxygen atoms in total. The molecule has 1 unspecified atom stereocenters. The third kappa shape index (κ3) is 10.7. The Labute approximate surface area is 196 Å². The minimum Gasteiger partial charge on any atom is -0.393 e. The van der Waals surface area contributed by atoms with E-state index in [1.54, 1.807) is 0 Å². The predicted octanol–water partition coefficient (Wildman–Crippen LogP) is 7.49. The zero-order valence-corrected chi connectivity index (χ0v) is 21.0. The van der Waals surface area contributed by atoms with Gasteiger partial charge < -0.3 is 10.2 Å². The maximum Gasteiger partial charge on any atom is 0.0642 e. The van der Waals surface area contributed by atoms with Crippen molar-refractivity contribution in [3.05, 3.63) is 106 Å². The van der Waals surface area contributed by atoms with Gasteiger partial charge in [0.2, 0.25) is 0 Å². The molecule has 0 aromatic heterocycles. The molecule has 2 N–H and O–H groups in total. The lowest BCUT2D eigenvalue weighted by atomic mass is 9.71. The van der Waals surface area contributed by atoms with E-state index in [2.05, 4.69) is 84.1 Å². The topological polar surface area (TPSA) is 40.5 Å². The van der Waals surface area contributed by atoms with Crippen LogP contribution in [-0.2, 0) is 0 Å². The summed E-state index contributed by atoms with van der Waals surface area (Å²) in [4.78, 5) is 0. The van der Waals surface area contributed by atoms with Crippen molar-refractivity contribution in [3.63, 3.8) is 0 Å². The Morgan fingerprint density at radius 3 is 1.88 bits per heavy atom. The van der Waals surface area contributed by atoms with Crippen molar-refractivity contribution in [2.45, 2.75) is 67.4 Å². The van der Waals surface area contributed by atoms with Crippen molar-refractivity contribution in [1.29, 1.82) is 0 Å². The normalized spacial score (nSPS) is 21.8. The van der Waals surface area contributed by atoms with Gasteiger partial charge >= 0.3 is 0 Å². The number of allylic oxidation sites excluding steroid dienone is 16. The molecule has 0 radical (unpaired) electrons. The molecule has 0 saturated carbocycles. The lowest BCUT2D eigenvalue weighted by Crippen LogP contribution is -2.28. The Morgan fingerprint density at radius 1 is 0.844 bits per heavy atom. The second-order valence-electron chi connectivity index (χ2n) is 9.48. The molecule has 0 spiro atoms. The van der Waals surface area contributed by atoms with E-state index in [0.717, 1.165) is 24.0 Å². The Hall–Kier alpha value is -2.42. The molecule has 0 saturated heterocycles. The second kappa shape index (κ2) is 13.9. The molecule has 1 atom stereocenters. The molecular weight excluding hydrogens is 392 g/mol. The third-order valence-electron chi connectivity index (χ3n) is 5.53. The summed E-state index contributed by atoms with van der Waals surface area (Å²) < 4.78 is 0. The summed E-state index contributed by atoms with van der Waals surface area (Å²) in [7, 11) is 0. The Balaban J connectivity index is 2.67. The number of rotatable bonds is 9. The van der Waals surface area contributed by atoms with Gasteiger partial charge in [-0.1, -0.05) is 109 Å². The van der Waals surface area contributed by atoms with Gasteiger partial charge in [0.05, 0.1) is 12.7 Å². The third-order valence-corrected chi connectivity index (χ3v) is 5.53. The van der Waals surface area contributed by atoms with Crippen molar-refractivity contribution in [2.75, 3.05) is 6.61 Å². The number of aliphatic hydroxyl groups excluding tert-OH is 2. The largest absolute Gasteiger partial charge is 0.393 e. The predicted molar refractivity (Wildman–Crippen MR) is 140 cm³/mol. The lowest BCUT2D eigenvalue weighted by molar-refractivity contribution is 0.116. The summed E-state index contributed by atoms with van der Waals surface area (Å²) in [6.45, 7) is 14.8. The molecule has 0 aromatic carbocycles. The van der Waals surface area contributed by atoms with Crippen molar-refractivity contribution >= 4 is 0 Å². The van der Waals surface area contributed by atoms with Crippen LogP contribution >= 0.6 is 0 Å². The van der Waals surface area contributed by atoms with Gasteiger partial charge in [-0.3, -0.25) is 0 Å². The van der Waals surface area contributed by atoms with Gasteiger partial charge in [-0.05, 0) is 64.0 Å². The first kappa shape index (κ1) is 27.6. The monoisotopic (exact) mass is 434 g/mol. The van der Waals surface area contributed by atoms with E-state index in [1.165, 1.54) is 22.3 Å². The van der Waals surface area contributed by atoms with E-state index >= 15 is 0 Å². The second-order valence-corrected chi connectivity index (χ2v) is 9.48. The van der Waals surface area contributed by atoms with Gasteiger partial charge in [-0.15, -0.1) is 0 Å². The van der Waals surface area contributed by atoms with Gasteiger partial charge in [-0.25, -0.2) is 0 Å². The molecule has 2 heteroatoms. The summed E-state index contributed by atoms with van der Waals surface area (Å²) in [5.41, 5.74) is 7.11. The highest BCUT2D eigenvalue weighted by Gasteiger charge is 2.31. The van der Waals surface area contributed by atoms with Crippen LogP contribution in [-0.4, -0.2) is 22.9 Å². The van der Waals surface area contributed by atoms with Crippen LogP contribution in [0.25, 0.3) is 0 Å². The minimum absolute atomic E-state index is 0.0116. The van der Waals surface area contributed by atoms with Crippen molar-refractivity contribution in [2.24, 2.45) is 5.41 Å².